The Morgan fingerprint density at radius 1 is 0.941 bits per heavy atom. The molecule has 0 radical (unpaired) electrons. The molecule has 1 rings (SSSR count). The third-order valence-electron chi connectivity index (χ3n) is 3.32. The van der Waals surface area contributed by atoms with Crippen molar-refractivity contribution in [1.29, 1.82) is 0 Å². The van der Waals surface area contributed by atoms with Crippen LogP contribution in [0.2, 0.25) is 0 Å². The van der Waals surface area contributed by atoms with Crippen LogP contribution < -0.4 is 5.73 Å². The summed E-state index contributed by atoms with van der Waals surface area (Å²) in [4.78, 5) is 0. The molecule has 2 N–H and O–H groups in total. The Hall–Kier alpha value is -0.820. The number of hydrogen-bond acceptors (Lipinski definition) is 1. The molecule has 1 nitrogen and oxygen atoms in total. The molecule has 0 fully saturated rings. The third-order valence-corrected chi connectivity index (χ3v) is 3.32. The number of rotatable bonds is 4. The summed E-state index contributed by atoms with van der Waals surface area (Å²) in [7, 11) is 0. The quantitative estimate of drug-likeness (QED) is 0.838. The van der Waals surface area contributed by atoms with Gasteiger partial charge in [-0.25, -0.2) is 0 Å². The van der Waals surface area contributed by atoms with Gasteiger partial charge in [-0.3, -0.25) is 0 Å². The summed E-state index contributed by atoms with van der Waals surface area (Å²) in [5.41, 5.74) is 9.01. The van der Waals surface area contributed by atoms with E-state index >= 15 is 0 Å². The van der Waals surface area contributed by atoms with Crippen molar-refractivity contribution >= 4 is 0 Å². The van der Waals surface area contributed by atoms with Gasteiger partial charge in [-0.15, -0.1) is 0 Å². The first-order chi connectivity index (χ1) is 7.74. The smallest absolute Gasteiger partial charge is 0.00721 e. The highest BCUT2D eigenvalue weighted by molar-refractivity contribution is 5.28. The van der Waals surface area contributed by atoms with Gasteiger partial charge in [0.2, 0.25) is 0 Å². The molecule has 0 bridgehead atoms. The molecule has 0 unspecified atom stereocenters. The number of benzene rings is 1. The molecular formula is C16H27N. The normalized spacial score (nSPS) is 12.8. The Kier molecular flexibility index (Phi) is 4.37. The van der Waals surface area contributed by atoms with Crippen LogP contribution in [0.25, 0.3) is 0 Å². The fourth-order valence-corrected chi connectivity index (χ4v) is 2.15. The van der Waals surface area contributed by atoms with Gasteiger partial charge in [0.1, 0.15) is 0 Å². The van der Waals surface area contributed by atoms with Crippen LogP contribution in [-0.4, -0.2) is 6.54 Å². The molecule has 0 amide bonds. The topological polar surface area (TPSA) is 26.0 Å². The third kappa shape index (κ3) is 4.51. The second-order valence-electron chi connectivity index (χ2n) is 6.83. The Balaban J connectivity index is 2.75. The van der Waals surface area contributed by atoms with Gasteiger partial charge in [-0.1, -0.05) is 58.9 Å². The van der Waals surface area contributed by atoms with Gasteiger partial charge in [0.05, 0.1) is 0 Å². The van der Waals surface area contributed by atoms with E-state index in [-0.39, 0.29) is 5.41 Å². The van der Waals surface area contributed by atoms with Crippen molar-refractivity contribution < 1.29 is 0 Å². The van der Waals surface area contributed by atoms with Crippen molar-refractivity contribution in [2.45, 2.75) is 52.9 Å². The molecule has 0 aliphatic heterocycles. The zero-order chi connectivity index (χ0) is 13.1. The lowest BCUT2D eigenvalue weighted by Crippen LogP contribution is -2.20. The molecule has 0 aliphatic rings. The van der Waals surface area contributed by atoms with Crippen LogP contribution >= 0.6 is 0 Å². The van der Waals surface area contributed by atoms with E-state index in [4.69, 9.17) is 5.73 Å². The zero-order valence-electron chi connectivity index (χ0n) is 12.0. The van der Waals surface area contributed by atoms with E-state index in [0.29, 0.717) is 5.41 Å². The van der Waals surface area contributed by atoms with Gasteiger partial charge < -0.3 is 5.73 Å². The Morgan fingerprint density at radius 2 is 1.47 bits per heavy atom. The lowest BCUT2D eigenvalue weighted by Gasteiger charge is -2.25. The molecule has 0 saturated carbocycles. The molecule has 1 heteroatoms. The first-order valence-corrected chi connectivity index (χ1v) is 6.54. The van der Waals surface area contributed by atoms with Crippen LogP contribution in [-0.2, 0) is 11.8 Å². The summed E-state index contributed by atoms with van der Waals surface area (Å²) in [5, 5.41) is 0. The maximum Gasteiger partial charge on any atom is -0.00721 e. The van der Waals surface area contributed by atoms with Gasteiger partial charge in [-0.05, 0) is 41.3 Å². The van der Waals surface area contributed by atoms with E-state index in [2.05, 4.69) is 58.9 Å². The maximum absolute atomic E-state index is 5.65. The SMILES string of the molecule is CC(C)(CCN)Cc1ccc(C(C)(C)C)cc1. The predicted octanol–water partition coefficient (Wildman–Crippen LogP) is 3.90. The minimum atomic E-state index is 0.241. The molecule has 0 aliphatic carbocycles. The van der Waals surface area contributed by atoms with Gasteiger partial charge in [0, 0.05) is 0 Å². The van der Waals surface area contributed by atoms with E-state index in [0.717, 1.165) is 19.4 Å². The molecule has 1 aromatic carbocycles. The first-order valence-electron chi connectivity index (χ1n) is 6.54. The van der Waals surface area contributed by atoms with E-state index in [9.17, 15) is 0 Å². The minimum Gasteiger partial charge on any atom is -0.330 e. The highest BCUT2D eigenvalue weighted by Gasteiger charge is 2.18. The van der Waals surface area contributed by atoms with Crippen LogP contribution in [0.4, 0.5) is 0 Å². The average Bonchev–Trinajstić information content (AvgIpc) is 2.16. The first kappa shape index (κ1) is 14.2. The Labute approximate surface area is 106 Å². The van der Waals surface area contributed by atoms with E-state index in [1.54, 1.807) is 0 Å². The van der Waals surface area contributed by atoms with E-state index < -0.39 is 0 Å². The van der Waals surface area contributed by atoms with Crippen molar-refractivity contribution in [2.24, 2.45) is 11.1 Å². The van der Waals surface area contributed by atoms with E-state index in [1.807, 2.05) is 0 Å². The second kappa shape index (κ2) is 5.22. The highest BCUT2D eigenvalue weighted by Crippen LogP contribution is 2.27. The maximum atomic E-state index is 5.65. The van der Waals surface area contributed by atoms with Crippen molar-refractivity contribution in [1.82, 2.24) is 0 Å². The van der Waals surface area contributed by atoms with E-state index in [1.165, 1.54) is 11.1 Å². The van der Waals surface area contributed by atoms with Crippen LogP contribution in [0.3, 0.4) is 0 Å². The van der Waals surface area contributed by atoms with Crippen LogP contribution in [0.15, 0.2) is 24.3 Å². The minimum absolute atomic E-state index is 0.241. The predicted molar refractivity (Wildman–Crippen MR) is 76.3 cm³/mol. The molecule has 0 spiro atoms. The molecule has 0 atom stereocenters. The molecule has 0 heterocycles. The molecule has 0 aromatic heterocycles. The van der Waals surface area contributed by atoms with Crippen molar-refractivity contribution in [2.75, 3.05) is 6.54 Å². The fourth-order valence-electron chi connectivity index (χ4n) is 2.15. The highest BCUT2D eigenvalue weighted by atomic mass is 14.5. The van der Waals surface area contributed by atoms with Gasteiger partial charge >= 0.3 is 0 Å². The summed E-state index contributed by atoms with van der Waals surface area (Å²) in [6.45, 7) is 12.1. The number of hydrogen-bond donors (Lipinski definition) is 1. The molecule has 0 saturated heterocycles. The summed E-state index contributed by atoms with van der Waals surface area (Å²) >= 11 is 0. The van der Waals surface area contributed by atoms with Crippen molar-refractivity contribution in [3.63, 3.8) is 0 Å². The van der Waals surface area contributed by atoms with Crippen molar-refractivity contribution in [3.05, 3.63) is 35.4 Å². The van der Waals surface area contributed by atoms with Crippen molar-refractivity contribution in [3.8, 4) is 0 Å². The Morgan fingerprint density at radius 3 is 1.88 bits per heavy atom. The van der Waals surface area contributed by atoms with Crippen LogP contribution in [0, 0.1) is 5.41 Å². The van der Waals surface area contributed by atoms with Crippen LogP contribution in [0.5, 0.6) is 0 Å². The van der Waals surface area contributed by atoms with Gasteiger partial charge in [-0.2, -0.15) is 0 Å². The lowest BCUT2D eigenvalue weighted by atomic mass is 9.81. The van der Waals surface area contributed by atoms with Gasteiger partial charge in [0.15, 0.2) is 0 Å². The standard InChI is InChI=1S/C16H27N/c1-15(2,3)14-8-6-13(7-9-14)12-16(4,5)10-11-17/h6-9H,10-12,17H2,1-5H3. The largest absolute Gasteiger partial charge is 0.330 e. The molecular weight excluding hydrogens is 206 g/mol. The summed E-state index contributed by atoms with van der Waals surface area (Å²) in [6.07, 6.45) is 2.18. The van der Waals surface area contributed by atoms with Crippen LogP contribution in [0.1, 0.15) is 52.2 Å². The fraction of sp³-hybridized carbons (Fsp3) is 0.625. The average molecular weight is 233 g/mol. The molecule has 96 valence electrons. The molecule has 1 aromatic rings. The summed E-state index contributed by atoms with van der Waals surface area (Å²) in [5.74, 6) is 0. The molecule has 17 heavy (non-hydrogen) atoms. The monoisotopic (exact) mass is 233 g/mol. The Bertz CT molecular complexity index is 341. The van der Waals surface area contributed by atoms with Gasteiger partial charge in [0.25, 0.3) is 0 Å². The lowest BCUT2D eigenvalue weighted by molar-refractivity contribution is 0.339. The summed E-state index contributed by atoms with van der Waals surface area (Å²) < 4.78 is 0. The zero-order valence-corrected chi connectivity index (χ0v) is 12.0. The number of nitrogens with two attached hydrogens (primary N) is 1. The second-order valence-corrected chi connectivity index (χ2v) is 6.83. The summed E-state index contributed by atoms with van der Waals surface area (Å²) in [6, 6.07) is 9.04.